The molecule has 1 unspecified atom stereocenters. The fourth-order valence-corrected chi connectivity index (χ4v) is 1.87. The summed E-state index contributed by atoms with van der Waals surface area (Å²) in [4.78, 5) is 0. The first kappa shape index (κ1) is 13.5. The molecular formula is C14H11F4N. The fourth-order valence-electron chi connectivity index (χ4n) is 1.87. The van der Waals surface area contributed by atoms with Crippen LogP contribution in [0.2, 0.25) is 0 Å². The molecule has 19 heavy (non-hydrogen) atoms. The van der Waals surface area contributed by atoms with Crippen molar-refractivity contribution in [3.05, 3.63) is 70.3 Å². The van der Waals surface area contributed by atoms with Gasteiger partial charge in [0, 0.05) is 11.1 Å². The van der Waals surface area contributed by atoms with E-state index in [2.05, 4.69) is 0 Å². The Bertz CT molecular complexity index is 625. The summed E-state index contributed by atoms with van der Waals surface area (Å²) in [5.41, 5.74) is 5.10. The van der Waals surface area contributed by atoms with Crippen molar-refractivity contribution >= 4 is 0 Å². The number of aryl methyl sites for hydroxylation is 1. The van der Waals surface area contributed by atoms with Crippen LogP contribution in [0.3, 0.4) is 0 Å². The lowest BCUT2D eigenvalue weighted by Gasteiger charge is -2.16. The van der Waals surface area contributed by atoms with E-state index in [1.807, 2.05) is 0 Å². The molecule has 2 rings (SSSR count). The maximum absolute atomic E-state index is 13.9. The summed E-state index contributed by atoms with van der Waals surface area (Å²) in [6, 6.07) is 3.51. The number of nitrogens with two attached hydrogens (primary N) is 1. The Kier molecular flexibility index (Phi) is 3.57. The lowest BCUT2D eigenvalue weighted by atomic mass is 9.96. The topological polar surface area (TPSA) is 26.0 Å². The highest BCUT2D eigenvalue weighted by molar-refractivity contribution is 5.36. The lowest BCUT2D eigenvalue weighted by Crippen LogP contribution is -2.18. The molecule has 0 bridgehead atoms. The van der Waals surface area contributed by atoms with Crippen molar-refractivity contribution < 1.29 is 17.6 Å². The summed E-state index contributed by atoms with van der Waals surface area (Å²) >= 11 is 0. The zero-order chi connectivity index (χ0) is 14.2. The van der Waals surface area contributed by atoms with E-state index >= 15 is 0 Å². The first-order chi connectivity index (χ1) is 8.91. The third kappa shape index (κ3) is 2.46. The number of benzene rings is 2. The van der Waals surface area contributed by atoms with Gasteiger partial charge in [0.2, 0.25) is 0 Å². The van der Waals surface area contributed by atoms with E-state index in [1.165, 1.54) is 13.0 Å². The van der Waals surface area contributed by atoms with Gasteiger partial charge in [0.05, 0.1) is 6.04 Å². The van der Waals surface area contributed by atoms with Crippen LogP contribution in [0.25, 0.3) is 0 Å². The molecule has 100 valence electrons. The monoisotopic (exact) mass is 269 g/mol. The Morgan fingerprint density at radius 2 is 1.58 bits per heavy atom. The predicted molar refractivity (Wildman–Crippen MR) is 63.5 cm³/mol. The molecule has 0 aromatic heterocycles. The minimum absolute atomic E-state index is 0.184. The van der Waals surface area contributed by atoms with Crippen LogP contribution in [0.1, 0.15) is 22.7 Å². The molecule has 0 saturated heterocycles. The molecule has 0 aliphatic rings. The Hall–Kier alpha value is -1.88. The molecular weight excluding hydrogens is 258 g/mol. The highest BCUT2D eigenvalue weighted by Crippen LogP contribution is 2.28. The molecule has 1 atom stereocenters. The minimum Gasteiger partial charge on any atom is -0.320 e. The summed E-state index contributed by atoms with van der Waals surface area (Å²) in [5, 5.41) is 0. The third-order valence-electron chi connectivity index (χ3n) is 2.92. The largest absolute Gasteiger partial charge is 0.320 e. The first-order valence-electron chi connectivity index (χ1n) is 5.57. The van der Waals surface area contributed by atoms with Gasteiger partial charge in [-0.1, -0.05) is 6.07 Å². The van der Waals surface area contributed by atoms with Gasteiger partial charge in [-0.25, -0.2) is 17.6 Å². The third-order valence-corrected chi connectivity index (χ3v) is 2.92. The van der Waals surface area contributed by atoms with Crippen molar-refractivity contribution in [2.75, 3.05) is 0 Å². The van der Waals surface area contributed by atoms with Crippen LogP contribution in [-0.2, 0) is 0 Å². The molecule has 0 amide bonds. The SMILES string of the molecule is Cc1ccc(F)c(C(N)c2cc(F)ccc2F)c1F. The first-order valence-corrected chi connectivity index (χ1v) is 5.57. The van der Waals surface area contributed by atoms with Crippen molar-refractivity contribution in [3.8, 4) is 0 Å². The van der Waals surface area contributed by atoms with Gasteiger partial charge in [-0.2, -0.15) is 0 Å². The molecule has 0 spiro atoms. The van der Waals surface area contributed by atoms with Crippen LogP contribution in [-0.4, -0.2) is 0 Å². The Balaban J connectivity index is 2.59. The van der Waals surface area contributed by atoms with E-state index in [0.29, 0.717) is 0 Å². The van der Waals surface area contributed by atoms with E-state index in [4.69, 9.17) is 5.73 Å². The normalized spacial score (nSPS) is 12.5. The van der Waals surface area contributed by atoms with E-state index in [9.17, 15) is 17.6 Å². The maximum atomic E-state index is 13.9. The Morgan fingerprint density at radius 1 is 0.947 bits per heavy atom. The molecule has 0 heterocycles. The van der Waals surface area contributed by atoms with Gasteiger partial charge in [-0.3, -0.25) is 0 Å². The zero-order valence-corrected chi connectivity index (χ0v) is 10.1. The quantitative estimate of drug-likeness (QED) is 0.828. The van der Waals surface area contributed by atoms with Crippen LogP contribution in [0.15, 0.2) is 30.3 Å². The van der Waals surface area contributed by atoms with Gasteiger partial charge in [0.15, 0.2) is 0 Å². The van der Waals surface area contributed by atoms with Crippen molar-refractivity contribution in [1.82, 2.24) is 0 Å². The standard InChI is InChI=1S/C14H11F4N/c1-7-2-4-11(17)12(13(7)18)14(19)9-6-8(15)3-5-10(9)16/h2-6,14H,19H2,1H3. The van der Waals surface area contributed by atoms with Gasteiger partial charge in [0.1, 0.15) is 23.3 Å². The predicted octanol–water partition coefficient (Wildman–Crippen LogP) is 3.60. The molecule has 0 saturated carbocycles. The van der Waals surface area contributed by atoms with Gasteiger partial charge in [-0.05, 0) is 36.8 Å². The second-order valence-electron chi connectivity index (χ2n) is 4.24. The molecule has 0 aliphatic carbocycles. The molecule has 0 fully saturated rings. The molecule has 0 aliphatic heterocycles. The fraction of sp³-hybridized carbons (Fsp3) is 0.143. The van der Waals surface area contributed by atoms with Crippen molar-refractivity contribution in [2.45, 2.75) is 13.0 Å². The minimum atomic E-state index is -1.41. The van der Waals surface area contributed by atoms with Crippen LogP contribution in [0, 0.1) is 30.2 Å². The van der Waals surface area contributed by atoms with E-state index < -0.39 is 34.9 Å². The number of halogens is 4. The van der Waals surface area contributed by atoms with Crippen LogP contribution in [0.4, 0.5) is 17.6 Å². The van der Waals surface area contributed by atoms with Gasteiger partial charge < -0.3 is 5.73 Å². The van der Waals surface area contributed by atoms with Gasteiger partial charge >= 0.3 is 0 Å². The average molecular weight is 269 g/mol. The second-order valence-corrected chi connectivity index (χ2v) is 4.24. The zero-order valence-electron chi connectivity index (χ0n) is 10.1. The number of hydrogen-bond donors (Lipinski definition) is 1. The Labute approximate surface area is 107 Å². The van der Waals surface area contributed by atoms with E-state index in [-0.39, 0.29) is 11.1 Å². The molecule has 2 aromatic carbocycles. The van der Waals surface area contributed by atoms with Crippen molar-refractivity contribution in [2.24, 2.45) is 5.73 Å². The number of hydrogen-bond acceptors (Lipinski definition) is 1. The van der Waals surface area contributed by atoms with E-state index in [1.54, 1.807) is 0 Å². The highest BCUT2D eigenvalue weighted by Gasteiger charge is 2.22. The summed E-state index contributed by atoms with van der Waals surface area (Å²) in [6.45, 7) is 1.44. The summed E-state index contributed by atoms with van der Waals surface area (Å²) < 4.78 is 54.2. The van der Waals surface area contributed by atoms with Crippen LogP contribution >= 0.6 is 0 Å². The molecule has 5 heteroatoms. The molecule has 1 nitrogen and oxygen atoms in total. The number of rotatable bonds is 2. The van der Waals surface area contributed by atoms with Gasteiger partial charge in [-0.15, -0.1) is 0 Å². The van der Waals surface area contributed by atoms with E-state index in [0.717, 1.165) is 24.3 Å². The van der Waals surface area contributed by atoms with Gasteiger partial charge in [0.25, 0.3) is 0 Å². The maximum Gasteiger partial charge on any atom is 0.134 e. The molecule has 2 N–H and O–H groups in total. The smallest absolute Gasteiger partial charge is 0.134 e. The molecule has 2 aromatic rings. The summed E-state index contributed by atoms with van der Waals surface area (Å²) in [5.74, 6) is -3.27. The summed E-state index contributed by atoms with van der Waals surface area (Å²) in [6.07, 6.45) is 0. The highest BCUT2D eigenvalue weighted by atomic mass is 19.1. The Morgan fingerprint density at radius 3 is 2.26 bits per heavy atom. The van der Waals surface area contributed by atoms with Crippen molar-refractivity contribution in [1.29, 1.82) is 0 Å². The van der Waals surface area contributed by atoms with Crippen molar-refractivity contribution in [3.63, 3.8) is 0 Å². The second kappa shape index (κ2) is 5.01. The summed E-state index contributed by atoms with van der Waals surface area (Å²) in [7, 11) is 0. The molecule has 0 radical (unpaired) electrons. The van der Waals surface area contributed by atoms with Crippen LogP contribution in [0.5, 0.6) is 0 Å². The average Bonchev–Trinajstić information content (AvgIpc) is 2.37. The lowest BCUT2D eigenvalue weighted by molar-refractivity contribution is 0.524. The van der Waals surface area contributed by atoms with Crippen LogP contribution < -0.4 is 5.73 Å².